The number of hydrogen-bond acceptors (Lipinski definition) is 4. The van der Waals surface area contributed by atoms with Gasteiger partial charge in [0.1, 0.15) is 0 Å². The zero-order chi connectivity index (χ0) is 11.5. The quantitative estimate of drug-likeness (QED) is 0.849. The molecule has 1 saturated heterocycles. The van der Waals surface area contributed by atoms with Gasteiger partial charge in [-0.05, 0) is 44.6 Å². The van der Waals surface area contributed by atoms with E-state index in [9.17, 15) is 0 Å². The Balaban J connectivity index is 1.45. The Bertz CT molecular complexity index is 353. The lowest BCUT2D eigenvalue weighted by molar-refractivity contribution is 0.340. The van der Waals surface area contributed by atoms with E-state index in [1.165, 1.54) is 38.6 Å². The van der Waals surface area contributed by atoms with Crippen LogP contribution in [0.4, 0.5) is 0 Å². The fraction of sp³-hybridized carbons (Fsp3) is 0.846. The Kier molecular flexibility index (Phi) is 3.41. The van der Waals surface area contributed by atoms with E-state index in [2.05, 4.69) is 15.5 Å². The maximum atomic E-state index is 5.30. The van der Waals surface area contributed by atoms with Crippen LogP contribution < -0.4 is 5.32 Å². The summed E-state index contributed by atoms with van der Waals surface area (Å²) in [5.41, 5.74) is 0. The van der Waals surface area contributed by atoms with Gasteiger partial charge in [0.2, 0.25) is 5.89 Å². The van der Waals surface area contributed by atoms with Gasteiger partial charge in [-0.15, -0.1) is 0 Å². The molecule has 0 radical (unpaired) electrons. The number of hydrogen-bond donors (Lipinski definition) is 1. The van der Waals surface area contributed by atoms with Gasteiger partial charge >= 0.3 is 0 Å². The lowest BCUT2D eigenvalue weighted by Crippen LogP contribution is -2.34. The Morgan fingerprint density at radius 1 is 1.24 bits per heavy atom. The predicted octanol–water partition coefficient (Wildman–Crippen LogP) is 2.10. The first-order valence-electron chi connectivity index (χ1n) is 6.95. The van der Waals surface area contributed by atoms with Gasteiger partial charge in [0.15, 0.2) is 5.82 Å². The molecule has 4 nitrogen and oxygen atoms in total. The van der Waals surface area contributed by atoms with E-state index in [4.69, 9.17) is 4.52 Å². The summed E-state index contributed by atoms with van der Waals surface area (Å²) in [6.07, 6.45) is 9.73. The van der Waals surface area contributed by atoms with Gasteiger partial charge in [-0.1, -0.05) is 11.6 Å². The lowest BCUT2D eigenvalue weighted by Gasteiger charge is -2.22. The van der Waals surface area contributed by atoms with E-state index < -0.39 is 0 Å². The van der Waals surface area contributed by atoms with Crippen LogP contribution in [0.1, 0.15) is 50.2 Å². The molecule has 0 amide bonds. The van der Waals surface area contributed by atoms with Crippen molar-refractivity contribution in [3.8, 4) is 0 Å². The minimum absolute atomic E-state index is 0.655. The fourth-order valence-electron chi connectivity index (χ4n) is 2.52. The molecule has 1 unspecified atom stereocenters. The highest BCUT2D eigenvalue weighted by molar-refractivity contribution is 4.92. The molecule has 0 bridgehead atoms. The lowest BCUT2D eigenvalue weighted by atomic mass is 10.0. The monoisotopic (exact) mass is 235 g/mol. The molecule has 1 aromatic heterocycles. The van der Waals surface area contributed by atoms with Crippen LogP contribution in [0.15, 0.2) is 4.52 Å². The third-order valence-corrected chi connectivity index (χ3v) is 3.80. The summed E-state index contributed by atoms with van der Waals surface area (Å²) in [6, 6.07) is 0.655. The van der Waals surface area contributed by atoms with Crippen molar-refractivity contribution in [2.24, 2.45) is 5.92 Å². The van der Waals surface area contributed by atoms with Gasteiger partial charge in [0.25, 0.3) is 0 Å². The third-order valence-electron chi connectivity index (χ3n) is 3.80. The van der Waals surface area contributed by atoms with Gasteiger partial charge in [-0.3, -0.25) is 0 Å². The van der Waals surface area contributed by atoms with Crippen molar-refractivity contribution >= 4 is 0 Å². The number of nitrogens with one attached hydrogen (secondary N) is 1. The van der Waals surface area contributed by atoms with Gasteiger partial charge in [-0.25, -0.2) is 0 Å². The van der Waals surface area contributed by atoms with Crippen molar-refractivity contribution in [3.05, 3.63) is 11.7 Å². The summed E-state index contributed by atoms with van der Waals surface area (Å²) in [5, 5.41) is 7.60. The SMILES string of the molecule is C1CCC(CCc2nc(CC3CC3)no2)NC1. The summed E-state index contributed by atoms with van der Waals surface area (Å²) in [4.78, 5) is 4.47. The molecule has 2 fully saturated rings. The van der Waals surface area contributed by atoms with Crippen LogP contribution in [0, 0.1) is 5.92 Å². The fourth-order valence-corrected chi connectivity index (χ4v) is 2.52. The van der Waals surface area contributed by atoms with E-state index in [0.717, 1.165) is 36.9 Å². The Morgan fingerprint density at radius 3 is 2.94 bits per heavy atom. The smallest absolute Gasteiger partial charge is 0.226 e. The Hall–Kier alpha value is -0.900. The van der Waals surface area contributed by atoms with E-state index >= 15 is 0 Å². The van der Waals surface area contributed by atoms with E-state index in [1.54, 1.807) is 0 Å². The average molecular weight is 235 g/mol. The van der Waals surface area contributed by atoms with Crippen molar-refractivity contribution < 1.29 is 4.52 Å². The number of piperidine rings is 1. The van der Waals surface area contributed by atoms with Crippen LogP contribution in [0.2, 0.25) is 0 Å². The predicted molar refractivity (Wildman–Crippen MR) is 64.7 cm³/mol. The molecule has 1 atom stereocenters. The number of aryl methyl sites for hydroxylation is 1. The number of aromatic nitrogens is 2. The molecular formula is C13H21N3O. The van der Waals surface area contributed by atoms with E-state index in [1.807, 2.05) is 0 Å². The standard InChI is InChI=1S/C13H21N3O/c1-2-8-14-11(3-1)6-7-13-15-12(16-17-13)9-10-4-5-10/h10-11,14H,1-9H2. The maximum absolute atomic E-state index is 5.30. The molecular weight excluding hydrogens is 214 g/mol. The molecule has 1 aliphatic carbocycles. The van der Waals surface area contributed by atoms with Crippen molar-refractivity contribution in [2.75, 3.05) is 6.54 Å². The summed E-state index contributed by atoms with van der Waals surface area (Å²) in [5.74, 6) is 2.58. The largest absolute Gasteiger partial charge is 0.339 e. The highest BCUT2D eigenvalue weighted by atomic mass is 16.5. The third kappa shape index (κ3) is 3.28. The normalized spacial score (nSPS) is 25.1. The summed E-state index contributed by atoms with van der Waals surface area (Å²) in [7, 11) is 0. The highest BCUT2D eigenvalue weighted by Gasteiger charge is 2.24. The maximum Gasteiger partial charge on any atom is 0.226 e. The van der Waals surface area contributed by atoms with Crippen LogP contribution in [0.3, 0.4) is 0 Å². The number of nitrogens with zero attached hydrogens (tertiary/aromatic N) is 2. The average Bonchev–Trinajstić information content (AvgIpc) is 3.06. The highest BCUT2D eigenvalue weighted by Crippen LogP contribution is 2.31. The van der Waals surface area contributed by atoms with E-state index in [0.29, 0.717) is 6.04 Å². The zero-order valence-corrected chi connectivity index (χ0v) is 10.3. The molecule has 3 rings (SSSR count). The van der Waals surface area contributed by atoms with Crippen molar-refractivity contribution in [1.82, 2.24) is 15.5 Å². The summed E-state index contributed by atoms with van der Waals surface area (Å²) in [6.45, 7) is 1.17. The first-order chi connectivity index (χ1) is 8.40. The van der Waals surface area contributed by atoms with Gasteiger partial charge in [-0.2, -0.15) is 4.98 Å². The Morgan fingerprint density at radius 2 is 2.18 bits per heavy atom. The molecule has 4 heteroatoms. The van der Waals surface area contributed by atoms with Gasteiger partial charge < -0.3 is 9.84 Å². The second kappa shape index (κ2) is 5.17. The first kappa shape index (κ1) is 11.2. The van der Waals surface area contributed by atoms with Crippen molar-refractivity contribution in [1.29, 1.82) is 0 Å². The van der Waals surface area contributed by atoms with Crippen LogP contribution in [-0.4, -0.2) is 22.7 Å². The molecule has 0 spiro atoms. The molecule has 1 aromatic rings. The molecule has 2 aliphatic rings. The van der Waals surface area contributed by atoms with Gasteiger partial charge in [0, 0.05) is 18.9 Å². The van der Waals surface area contributed by atoms with Gasteiger partial charge in [0.05, 0.1) is 0 Å². The molecule has 1 saturated carbocycles. The molecule has 2 heterocycles. The van der Waals surface area contributed by atoms with Crippen molar-refractivity contribution in [2.45, 2.75) is 57.4 Å². The van der Waals surface area contributed by atoms with Crippen LogP contribution in [0.5, 0.6) is 0 Å². The molecule has 0 aromatic carbocycles. The second-order valence-electron chi connectivity index (χ2n) is 5.44. The second-order valence-corrected chi connectivity index (χ2v) is 5.44. The topological polar surface area (TPSA) is 51.0 Å². The molecule has 17 heavy (non-hydrogen) atoms. The van der Waals surface area contributed by atoms with E-state index in [-0.39, 0.29) is 0 Å². The van der Waals surface area contributed by atoms with Crippen molar-refractivity contribution in [3.63, 3.8) is 0 Å². The summed E-state index contributed by atoms with van der Waals surface area (Å²) < 4.78 is 5.30. The minimum Gasteiger partial charge on any atom is -0.339 e. The zero-order valence-electron chi connectivity index (χ0n) is 10.3. The Labute approximate surface area is 102 Å². The van der Waals surface area contributed by atoms with Crippen LogP contribution >= 0.6 is 0 Å². The first-order valence-corrected chi connectivity index (χ1v) is 6.95. The summed E-state index contributed by atoms with van der Waals surface area (Å²) >= 11 is 0. The minimum atomic E-state index is 0.655. The molecule has 1 aliphatic heterocycles. The van der Waals surface area contributed by atoms with Crippen LogP contribution in [-0.2, 0) is 12.8 Å². The van der Waals surface area contributed by atoms with Crippen LogP contribution in [0.25, 0.3) is 0 Å². The molecule has 94 valence electrons. The number of rotatable bonds is 5. The molecule has 1 N–H and O–H groups in total.